The van der Waals surface area contributed by atoms with Crippen molar-refractivity contribution < 1.29 is 4.74 Å². The van der Waals surface area contributed by atoms with Crippen LogP contribution in [0.25, 0.3) is 0 Å². The first kappa shape index (κ1) is 13.8. The fraction of sp³-hybridized carbons (Fsp3) is 0.375. The van der Waals surface area contributed by atoms with E-state index in [2.05, 4.69) is 27.1 Å². The van der Waals surface area contributed by atoms with Gasteiger partial charge in [0.1, 0.15) is 5.75 Å². The number of benzene rings is 1. The SMILES string of the molecule is Cc1ccc(Oc2cnc(N3CCCNCC3)nc2)cc1. The molecule has 0 atom stereocenters. The molecule has 0 radical (unpaired) electrons. The molecule has 1 N–H and O–H groups in total. The lowest BCUT2D eigenvalue weighted by Gasteiger charge is -2.19. The Balaban J connectivity index is 1.67. The molecule has 3 rings (SSSR count). The van der Waals surface area contributed by atoms with Crippen molar-refractivity contribution in [1.82, 2.24) is 15.3 Å². The zero-order chi connectivity index (χ0) is 14.5. The molecule has 0 aliphatic carbocycles. The Labute approximate surface area is 125 Å². The van der Waals surface area contributed by atoms with E-state index in [0.717, 1.165) is 44.3 Å². The van der Waals surface area contributed by atoms with Gasteiger partial charge >= 0.3 is 0 Å². The Morgan fingerprint density at radius 2 is 1.76 bits per heavy atom. The van der Waals surface area contributed by atoms with Crippen molar-refractivity contribution in [3.8, 4) is 11.5 Å². The molecule has 5 heteroatoms. The fourth-order valence-corrected chi connectivity index (χ4v) is 2.31. The van der Waals surface area contributed by atoms with Gasteiger partial charge in [0.15, 0.2) is 5.75 Å². The number of nitrogens with zero attached hydrogens (tertiary/aromatic N) is 3. The van der Waals surface area contributed by atoms with E-state index in [1.165, 1.54) is 5.56 Å². The Hall–Kier alpha value is -2.14. The van der Waals surface area contributed by atoms with E-state index < -0.39 is 0 Å². The summed E-state index contributed by atoms with van der Waals surface area (Å²) >= 11 is 0. The molecule has 2 heterocycles. The zero-order valence-corrected chi connectivity index (χ0v) is 12.2. The minimum Gasteiger partial charge on any atom is -0.454 e. The summed E-state index contributed by atoms with van der Waals surface area (Å²) in [5.41, 5.74) is 1.21. The molecule has 1 aliphatic heterocycles. The first-order valence-electron chi connectivity index (χ1n) is 7.33. The minimum absolute atomic E-state index is 0.663. The lowest BCUT2D eigenvalue weighted by Crippen LogP contribution is -2.29. The van der Waals surface area contributed by atoms with E-state index in [4.69, 9.17) is 4.74 Å². The molecule has 0 bridgehead atoms. The van der Waals surface area contributed by atoms with Crippen LogP contribution >= 0.6 is 0 Å². The molecule has 1 aromatic heterocycles. The molecule has 5 nitrogen and oxygen atoms in total. The van der Waals surface area contributed by atoms with Gasteiger partial charge in [0, 0.05) is 19.6 Å². The van der Waals surface area contributed by atoms with Crippen molar-refractivity contribution in [1.29, 1.82) is 0 Å². The predicted molar refractivity (Wildman–Crippen MR) is 83.0 cm³/mol. The van der Waals surface area contributed by atoms with Crippen LogP contribution in [-0.4, -0.2) is 36.1 Å². The fourth-order valence-electron chi connectivity index (χ4n) is 2.31. The van der Waals surface area contributed by atoms with Crippen LogP contribution in [-0.2, 0) is 0 Å². The van der Waals surface area contributed by atoms with Gasteiger partial charge in [0.25, 0.3) is 0 Å². The Bertz CT molecular complexity index is 560. The molecule has 1 saturated heterocycles. The predicted octanol–water partition coefficient (Wildman–Crippen LogP) is 2.38. The maximum Gasteiger partial charge on any atom is 0.225 e. The normalized spacial score (nSPS) is 15.6. The Kier molecular flexibility index (Phi) is 4.31. The molecule has 1 aromatic carbocycles. The van der Waals surface area contributed by atoms with Gasteiger partial charge in [-0.25, -0.2) is 9.97 Å². The second-order valence-corrected chi connectivity index (χ2v) is 5.22. The molecule has 0 saturated carbocycles. The highest BCUT2D eigenvalue weighted by atomic mass is 16.5. The van der Waals surface area contributed by atoms with Crippen LogP contribution in [0.5, 0.6) is 11.5 Å². The zero-order valence-electron chi connectivity index (χ0n) is 12.2. The van der Waals surface area contributed by atoms with Crippen molar-refractivity contribution in [3.63, 3.8) is 0 Å². The second-order valence-electron chi connectivity index (χ2n) is 5.22. The highest BCUT2D eigenvalue weighted by Crippen LogP contribution is 2.21. The maximum absolute atomic E-state index is 5.74. The minimum atomic E-state index is 0.663. The number of rotatable bonds is 3. The summed E-state index contributed by atoms with van der Waals surface area (Å²) in [5, 5.41) is 3.37. The van der Waals surface area contributed by atoms with Crippen LogP contribution in [0.4, 0.5) is 5.95 Å². The van der Waals surface area contributed by atoms with Crippen LogP contribution in [0.1, 0.15) is 12.0 Å². The van der Waals surface area contributed by atoms with Crippen LogP contribution < -0.4 is 15.0 Å². The van der Waals surface area contributed by atoms with Gasteiger partial charge in [-0.3, -0.25) is 0 Å². The molecule has 1 fully saturated rings. The number of anilines is 1. The lowest BCUT2D eigenvalue weighted by atomic mass is 10.2. The molecule has 0 unspecified atom stereocenters. The van der Waals surface area contributed by atoms with Gasteiger partial charge in [0.05, 0.1) is 12.4 Å². The molecule has 110 valence electrons. The van der Waals surface area contributed by atoms with Crippen LogP contribution in [0.3, 0.4) is 0 Å². The number of hydrogen-bond donors (Lipinski definition) is 1. The molecular formula is C16H20N4O. The van der Waals surface area contributed by atoms with E-state index in [9.17, 15) is 0 Å². The number of hydrogen-bond acceptors (Lipinski definition) is 5. The Morgan fingerprint density at radius 3 is 2.52 bits per heavy atom. The van der Waals surface area contributed by atoms with Crippen molar-refractivity contribution in [3.05, 3.63) is 42.2 Å². The smallest absolute Gasteiger partial charge is 0.225 e. The first-order chi connectivity index (χ1) is 10.3. The second kappa shape index (κ2) is 6.54. The van der Waals surface area contributed by atoms with E-state index in [0.29, 0.717) is 5.75 Å². The lowest BCUT2D eigenvalue weighted by molar-refractivity contribution is 0.477. The van der Waals surface area contributed by atoms with Crippen molar-refractivity contribution in [2.45, 2.75) is 13.3 Å². The summed E-state index contributed by atoms with van der Waals surface area (Å²) in [4.78, 5) is 11.0. The molecule has 21 heavy (non-hydrogen) atoms. The highest BCUT2D eigenvalue weighted by Gasteiger charge is 2.11. The number of aryl methyl sites for hydroxylation is 1. The summed E-state index contributed by atoms with van der Waals surface area (Å²) in [6, 6.07) is 7.94. The van der Waals surface area contributed by atoms with Crippen molar-refractivity contribution >= 4 is 5.95 Å². The van der Waals surface area contributed by atoms with Gasteiger partial charge in [0.2, 0.25) is 5.95 Å². The third kappa shape index (κ3) is 3.70. The topological polar surface area (TPSA) is 50.3 Å². The molecular weight excluding hydrogens is 264 g/mol. The highest BCUT2D eigenvalue weighted by molar-refractivity contribution is 5.34. The molecule has 0 amide bonds. The van der Waals surface area contributed by atoms with Gasteiger partial charge in [-0.2, -0.15) is 0 Å². The summed E-state index contributed by atoms with van der Waals surface area (Å²) < 4.78 is 5.74. The van der Waals surface area contributed by atoms with Crippen molar-refractivity contribution in [2.24, 2.45) is 0 Å². The first-order valence-corrected chi connectivity index (χ1v) is 7.33. The number of aromatic nitrogens is 2. The summed E-state index contributed by atoms with van der Waals surface area (Å²) in [5.74, 6) is 2.24. The molecule has 2 aromatic rings. The quantitative estimate of drug-likeness (QED) is 0.938. The van der Waals surface area contributed by atoms with Crippen molar-refractivity contribution in [2.75, 3.05) is 31.1 Å². The third-order valence-electron chi connectivity index (χ3n) is 3.49. The monoisotopic (exact) mass is 284 g/mol. The van der Waals surface area contributed by atoms with Crippen LogP contribution in [0.15, 0.2) is 36.7 Å². The molecule has 0 spiro atoms. The summed E-state index contributed by atoms with van der Waals surface area (Å²) in [7, 11) is 0. The summed E-state index contributed by atoms with van der Waals surface area (Å²) in [6.45, 7) is 6.02. The maximum atomic E-state index is 5.74. The Morgan fingerprint density at radius 1 is 1.00 bits per heavy atom. The average molecular weight is 284 g/mol. The van der Waals surface area contributed by atoms with Gasteiger partial charge in [-0.15, -0.1) is 0 Å². The van der Waals surface area contributed by atoms with E-state index in [1.54, 1.807) is 12.4 Å². The van der Waals surface area contributed by atoms with E-state index >= 15 is 0 Å². The molecule has 1 aliphatic rings. The number of ether oxygens (including phenoxy) is 1. The van der Waals surface area contributed by atoms with Gasteiger partial charge < -0.3 is 15.0 Å². The largest absolute Gasteiger partial charge is 0.454 e. The van der Waals surface area contributed by atoms with E-state index in [1.807, 2.05) is 24.3 Å². The summed E-state index contributed by atoms with van der Waals surface area (Å²) in [6.07, 6.45) is 4.59. The van der Waals surface area contributed by atoms with Gasteiger partial charge in [-0.1, -0.05) is 17.7 Å². The van der Waals surface area contributed by atoms with E-state index in [-0.39, 0.29) is 0 Å². The number of nitrogens with one attached hydrogen (secondary N) is 1. The standard InChI is InChI=1S/C16H20N4O/c1-13-3-5-14(6-4-13)21-15-11-18-16(19-12-15)20-9-2-7-17-8-10-20/h3-6,11-12,17H,2,7-10H2,1H3. The van der Waals surface area contributed by atoms with Crippen LogP contribution in [0, 0.1) is 6.92 Å². The van der Waals surface area contributed by atoms with Gasteiger partial charge in [-0.05, 0) is 32.0 Å². The third-order valence-corrected chi connectivity index (χ3v) is 3.49. The average Bonchev–Trinajstić information content (AvgIpc) is 2.80. The van der Waals surface area contributed by atoms with Crippen LogP contribution in [0.2, 0.25) is 0 Å².